The molecule has 0 aliphatic carbocycles. The van der Waals surface area contributed by atoms with Gasteiger partial charge >= 0.3 is 0 Å². The number of nitrogens with zero attached hydrogens (tertiary/aromatic N) is 1. The minimum Gasteiger partial charge on any atom is -0.373 e. The molecule has 0 bridgehead atoms. The molecule has 2 rings (SSSR count). The van der Waals surface area contributed by atoms with Crippen molar-refractivity contribution in [2.45, 2.75) is 38.4 Å². The first-order valence-electron chi connectivity index (χ1n) is 7.43. The molecule has 4 nitrogen and oxygen atoms in total. The number of hydrogen-bond acceptors (Lipinski definition) is 3. The number of benzene rings is 1. The lowest BCUT2D eigenvalue weighted by Gasteiger charge is -2.32. The third-order valence-electron chi connectivity index (χ3n) is 3.72. The molecule has 2 N–H and O–H groups in total. The molecule has 1 aliphatic rings. The van der Waals surface area contributed by atoms with Gasteiger partial charge < -0.3 is 15.4 Å². The predicted molar refractivity (Wildman–Crippen MR) is 79.1 cm³/mol. The highest BCUT2D eigenvalue weighted by atomic mass is 16.5. The van der Waals surface area contributed by atoms with E-state index in [1.165, 1.54) is 5.56 Å². The molecule has 4 heteroatoms. The summed E-state index contributed by atoms with van der Waals surface area (Å²) in [7, 11) is 0. The van der Waals surface area contributed by atoms with Crippen LogP contribution in [0.4, 0.5) is 0 Å². The molecule has 1 heterocycles. The third-order valence-corrected chi connectivity index (χ3v) is 3.72. The Bertz CT molecular complexity index is 400. The zero-order valence-corrected chi connectivity index (χ0v) is 12.0. The average molecular weight is 276 g/mol. The van der Waals surface area contributed by atoms with Gasteiger partial charge in [-0.15, -0.1) is 0 Å². The Kier molecular flexibility index (Phi) is 6.02. The monoisotopic (exact) mass is 276 g/mol. The van der Waals surface area contributed by atoms with Gasteiger partial charge in [0.2, 0.25) is 5.91 Å². The lowest BCUT2D eigenvalue weighted by atomic mass is 10.1. The van der Waals surface area contributed by atoms with Gasteiger partial charge in [-0.25, -0.2) is 0 Å². The van der Waals surface area contributed by atoms with Crippen LogP contribution in [0, 0.1) is 0 Å². The maximum Gasteiger partial charge on any atom is 0.222 e. The summed E-state index contributed by atoms with van der Waals surface area (Å²) < 4.78 is 5.92. The van der Waals surface area contributed by atoms with Gasteiger partial charge in [0.25, 0.3) is 0 Å². The SMILES string of the molecule is NCCCC(=O)N1CCC(OCc2ccccc2)CC1. The number of piperidine rings is 1. The molecule has 1 fully saturated rings. The van der Waals surface area contributed by atoms with Gasteiger partial charge in [0.15, 0.2) is 0 Å². The lowest BCUT2D eigenvalue weighted by Crippen LogP contribution is -2.40. The number of carbonyl (C=O) groups excluding carboxylic acids is 1. The summed E-state index contributed by atoms with van der Waals surface area (Å²) in [5.74, 6) is 0.233. The molecule has 0 unspecified atom stereocenters. The van der Waals surface area contributed by atoms with E-state index in [2.05, 4.69) is 12.1 Å². The topological polar surface area (TPSA) is 55.6 Å². The van der Waals surface area contributed by atoms with Crippen molar-refractivity contribution in [2.75, 3.05) is 19.6 Å². The third kappa shape index (κ3) is 4.62. The average Bonchev–Trinajstić information content (AvgIpc) is 2.52. The van der Waals surface area contributed by atoms with E-state index in [0.717, 1.165) is 32.4 Å². The highest BCUT2D eigenvalue weighted by Gasteiger charge is 2.22. The Morgan fingerprint density at radius 1 is 1.25 bits per heavy atom. The number of nitrogens with two attached hydrogens (primary N) is 1. The van der Waals surface area contributed by atoms with Gasteiger partial charge in [-0.1, -0.05) is 30.3 Å². The van der Waals surface area contributed by atoms with Gasteiger partial charge in [-0.2, -0.15) is 0 Å². The Hall–Kier alpha value is -1.39. The van der Waals surface area contributed by atoms with Crippen LogP contribution in [0.3, 0.4) is 0 Å². The maximum atomic E-state index is 11.9. The van der Waals surface area contributed by atoms with Crippen molar-refractivity contribution in [3.8, 4) is 0 Å². The Morgan fingerprint density at radius 2 is 1.95 bits per heavy atom. The fourth-order valence-electron chi connectivity index (χ4n) is 2.47. The van der Waals surface area contributed by atoms with E-state index in [-0.39, 0.29) is 12.0 Å². The van der Waals surface area contributed by atoms with Crippen LogP contribution in [0.5, 0.6) is 0 Å². The minimum absolute atomic E-state index is 0.233. The van der Waals surface area contributed by atoms with Gasteiger partial charge in [-0.05, 0) is 31.4 Å². The van der Waals surface area contributed by atoms with Gasteiger partial charge in [0.05, 0.1) is 12.7 Å². The Labute approximate surface area is 120 Å². The van der Waals surface area contributed by atoms with Crippen molar-refractivity contribution in [2.24, 2.45) is 5.73 Å². The van der Waals surface area contributed by atoms with Crippen LogP contribution in [0.15, 0.2) is 30.3 Å². The highest BCUT2D eigenvalue weighted by Crippen LogP contribution is 2.16. The van der Waals surface area contributed by atoms with Crippen LogP contribution in [-0.2, 0) is 16.1 Å². The second-order valence-corrected chi connectivity index (χ2v) is 5.27. The van der Waals surface area contributed by atoms with Crippen LogP contribution in [0.1, 0.15) is 31.2 Å². The first-order valence-corrected chi connectivity index (χ1v) is 7.43. The second kappa shape index (κ2) is 8.02. The molecule has 0 spiro atoms. The summed E-state index contributed by atoms with van der Waals surface area (Å²) >= 11 is 0. The van der Waals surface area contributed by atoms with E-state index >= 15 is 0 Å². The summed E-state index contributed by atoms with van der Waals surface area (Å²) in [6.45, 7) is 2.86. The standard InChI is InChI=1S/C16H24N2O2/c17-10-4-7-16(19)18-11-8-15(9-12-18)20-13-14-5-2-1-3-6-14/h1-3,5-6,15H,4,7-13,17H2. The van der Waals surface area contributed by atoms with Crippen LogP contribution < -0.4 is 5.73 Å². The van der Waals surface area contributed by atoms with Crippen molar-refractivity contribution in [1.82, 2.24) is 4.90 Å². The molecule has 0 saturated carbocycles. The number of rotatable bonds is 6. The lowest BCUT2D eigenvalue weighted by molar-refractivity contribution is -0.134. The number of ether oxygens (including phenoxy) is 1. The molecule has 0 aromatic heterocycles. The van der Waals surface area contributed by atoms with E-state index in [1.807, 2.05) is 23.1 Å². The normalized spacial score (nSPS) is 16.4. The van der Waals surface area contributed by atoms with Crippen LogP contribution >= 0.6 is 0 Å². The molecule has 1 aromatic rings. The van der Waals surface area contributed by atoms with E-state index in [4.69, 9.17) is 10.5 Å². The zero-order valence-electron chi connectivity index (χ0n) is 12.0. The second-order valence-electron chi connectivity index (χ2n) is 5.27. The van der Waals surface area contributed by atoms with E-state index in [9.17, 15) is 4.79 Å². The van der Waals surface area contributed by atoms with Crippen LogP contribution in [0.25, 0.3) is 0 Å². The maximum absolute atomic E-state index is 11.9. The van der Waals surface area contributed by atoms with E-state index in [0.29, 0.717) is 19.6 Å². The van der Waals surface area contributed by atoms with Gasteiger partial charge in [-0.3, -0.25) is 4.79 Å². The number of amides is 1. The first kappa shape index (κ1) is 15.0. The van der Waals surface area contributed by atoms with Crippen molar-refractivity contribution >= 4 is 5.91 Å². The Morgan fingerprint density at radius 3 is 2.60 bits per heavy atom. The molecule has 1 saturated heterocycles. The first-order chi connectivity index (χ1) is 9.79. The summed E-state index contributed by atoms with van der Waals surface area (Å²) in [6.07, 6.45) is 3.49. The van der Waals surface area contributed by atoms with Crippen molar-refractivity contribution in [3.05, 3.63) is 35.9 Å². The van der Waals surface area contributed by atoms with Crippen LogP contribution in [0.2, 0.25) is 0 Å². The number of carbonyl (C=O) groups is 1. The van der Waals surface area contributed by atoms with Gasteiger partial charge in [0, 0.05) is 19.5 Å². The quantitative estimate of drug-likeness (QED) is 0.864. The molecule has 1 amide bonds. The van der Waals surface area contributed by atoms with E-state index in [1.54, 1.807) is 0 Å². The zero-order chi connectivity index (χ0) is 14.2. The molecule has 1 aromatic carbocycles. The molecule has 0 atom stereocenters. The largest absolute Gasteiger partial charge is 0.373 e. The fraction of sp³-hybridized carbons (Fsp3) is 0.562. The van der Waals surface area contributed by atoms with E-state index < -0.39 is 0 Å². The summed E-state index contributed by atoms with van der Waals surface area (Å²) in [5.41, 5.74) is 6.64. The molecular formula is C16H24N2O2. The molecule has 110 valence electrons. The molecule has 20 heavy (non-hydrogen) atoms. The number of hydrogen-bond donors (Lipinski definition) is 1. The summed E-state index contributed by atoms with van der Waals surface area (Å²) in [6, 6.07) is 10.2. The van der Waals surface area contributed by atoms with Gasteiger partial charge in [0.1, 0.15) is 0 Å². The van der Waals surface area contributed by atoms with Crippen molar-refractivity contribution in [3.63, 3.8) is 0 Å². The molecule has 1 aliphatic heterocycles. The minimum atomic E-state index is 0.233. The fourth-order valence-corrected chi connectivity index (χ4v) is 2.47. The summed E-state index contributed by atoms with van der Waals surface area (Å²) in [5, 5.41) is 0. The molecule has 0 radical (unpaired) electrons. The molecular weight excluding hydrogens is 252 g/mol. The Balaban J connectivity index is 1.68. The highest BCUT2D eigenvalue weighted by molar-refractivity contribution is 5.76. The predicted octanol–water partition coefficient (Wildman–Crippen LogP) is 1.93. The smallest absolute Gasteiger partial charge is 0.222 e. The van der Waals surface area contributed by atoms with Crippen molar-refractivity contribution in [1.29, 1.82) is 0 Å². The summed E-state index contributed by atoms with van der Waals surface area (Å²) in [4.78, 5) is 13.8. The number of likely N-dealkylation sites (tertiary alicyclic amines) is 1. The van der Waals surface area contributed by atoms with Crippen LogP contribution in [-0.4, -0.2) is 36.5 Å². The van der Waals surface area contributed by atoms with Crippen molar-refractivity contribution < 1.29 is 9.53 Å².